The number of hydrogen-bond acceptors (Lipinski definition) is 2. The molecule has 4 aliphatic rings. The average Bonchev–Trinajstić information content (AvgIpc) is 2.13. The Morgan fingerprint density at radius 3 is 1.94 bits per heavy atom. The molecule has 88 valence electrons. The molecular weight excluding hydrogens is 200 g/mol. The maximum absolute atomic E-state index is 11.7. The van der Waals surface area contributed by atoms with Crippen LogP contribution in [0.15, 0.2) is 12.2 Å². The third kappa shape index (κ3) is 1.59. The van der Waals surface area contributed by atoms with Crippen LogP contribution in [-0.2, 0) is 9.53 Å². The Kier molecular flexibility index (Phi) is 2.17. The molecule has 4 fully saturated rings. The highest BCUT2D eigenvalue weighted by atomic mass is 16.6. The summed E-state index contributed by atoms with van der Waals surface area (Å²) in [7, 11) is 0. The molecule has 4 saturated carbocycles. The van der Waals surface area contributed by atoms with E-state index in [0.717, 1.165) is 37.0 Å². The summed E-state index contributed by atoms with van der Waals surface area (Å²) < 4.78 is 5.77. The maximum Gasteiger partial charge on any atom is 0.333 e. The summed E-state index contributed by atoms with van der Waals surface area (Å²) in [6, 6.07) is 0. The Hall–Kier alpha value is -0.790. The van der Waals surface area contributed by atoms with E-state index in [4.69, 9.17) is 4.74 Å². The van der Waals surface area contributed by atoms with Crippen LogP contribution in [0.2, 0.25) is 0 Å². The molecule has 0 atom stereocenters. The van der Waals surface area contributed by atoms with Gasteiger partial charge in [-0.25, -0.2) is 4.79 Å². The average molecular weight is 220 g/mol. The Morgan fingerprint density at radius 1 is 1.12 bits per heavy atom. The first-order valence-electron chi connectivity index (χ1n) is 6.45. The summed E-state index contributed by atoms with van der Waals surface area (Å²) in [5.41, 5.74) is 0.431. The predicted octanol–water partition coefficient (Wildman–Crippen LogP) is 3.07. The number of ether oxygens (including phenoxy) is 1. The standard InChI is InChI=1S/C14H20O2/c1-9(2)13(15)16-14-6-10-3-11(7-14)5-12(4-10)8-14/h10-12H,1,3-8H2,2H3. The van der Waals surface area contributed by atoms with Gasteiger partial charge in [-0.05, 0) is 63.2 Å². The fraction of sp³-hybridized carbons (Fsp3) is 0.786. The third-order valence-electron chi connectivity index (χ3n) is 4.64. The minimum absolute atomic E-state index is 0.106. The van der Waals surface area contributed by atoms with Gasteiger partial charge in [-0.3, -0.25) is 0 Å². The van der Waals surface area contributed by atoms with Crippen molar-refractivity contribution in [3.8, 4) is 0 Å². The second-order valence-electron chi connectivity index (χ2n) is 6.27. The molecule has 4 rings (SSSR count). The number of carbonyl (C=O) groups is 1. The highest BCUT2D eigenvalue weighted by molar-refractivity contribution is 5.87. The molecule has 0 heterocycles. The van der Waals surface area contributed by atoms with Gasteiger partial charge in [-0.1, -0.05) is 6.58 Å². The van der Waals surface area contributed by atoms with Crippen LogP contribution in [0.25, 0.3) is 0 Å². The van der Waals surface area contributed by atoms with E-state index < -0.39 is 0 Å². The molecule has 0 unspecified atom stereocenters. The van der Waals surface area contributed by atoms with Crippen molar-refractivity contribution in [3.05, 3.63) is 12.2 Å². The molecule has 0 spiro atoms. The first-order valence-corrected chi connectivity index (χ1v) is 6.45. The lowest BCUT2D eigenvalue weighted by Crippen LogP contribution is -2.52. The van der Waals surface area contributed by atoms with Gasteiger partial charge in [0.25, 0.3) is 0 Å². The van der Waals surface area contributed by atoms with E-state index in [1.165, 1.54) is 19.3 Å². The van der Waals surface area contributed by atoms with E-state index >= 15 is 0 Å². The lowest BCUT2D eigenvalue weighted by Gasteiger charge is -2.55. The summed E-state index contributed by atoms with van der Waals surface area (Å²) in [5, 5.41) is 0. The van der Waals surface area contributed by atoms with Crippen molar-refractivity contribution in [2.24, 2.45) is 17.8 Å². The number of esters is 1. The number of hydrogen-bond donors (Lipinski definition) is 0. The summed E-state index contributed by atoms with van der Waals surface area (Å²) in [6.07, 6.45) is 7.46. The Bertz CT molecular complexity index is 307. The summed E-state index contributed by atoms with van der Waals surface area (Å²) in [4.78, 5) is 11.7. The quantitative estimate of drug-likeness (QED) is 0.528. The molecular formula is C14H20O2. The summed E-state index contributed by atoms with van der Waals surface area (Å²) in [6.45, 7) is 5.42. The van der Waals surface area contributed by atoms with Gasteiger partial charge in [0, 0.05) is 5.57 Å². The molecule has 0 radical (unpaired) electrons. The molecule has 0 aliphatic heterocycles. The van der Waals surface area contributed by atoms with Crippen molar-refractivity contribution < 1.29 is 9.53 Å². The topological polar surface area (TPSA) is 26.3 Å². The zero-order chi connectivity index (χ0) is 11.3. The fourth-order valence-electron chi connectivity index (χ4n) is 4.44. The van der Waals surface area contributed by atoms with E-state index in [9.17, 15) is 4.79 Å². The van der Waals surface area contributed by atoms with Gasteiger partial charge in [0.2, 0.25) is 0 Å². The van der Waals surface area contributed by atoms with Gasteiger partial charge in [0.15, 0.2) is 0 Å². The normalized spacial score (nSPS) is 44.4. The Morgan fingerprint density at radius 2 is 1.56 bits per heavy atom. The van der Waals surface area contributed by atoms with Gasteiger partial charge in [0.1, 0.15) is 5.60 Å². The Labute approximate surface area is 97.1 Å². The predicted molar refractivity (Wildman–Crippen MR) is 61.8 cm³/mol. The monoisotopic (exact) mass is 220 g/mol. The molecule has 2 nitrogen and oxygen atoms in total. The molecule has 0 N–H and O–H groups in total. The zero-order valence-corrected chi connectivity index (χ0v) is 10.00. The number of carbonyl (C=O) groups excluding carboxylic acids is 1. The second-order valence-corrected chi connectivity index (χ2v) is 6.27. The zero-order valence-electron chi connectivity index (χ0n) is 10.00. The molecule has 0 aromatic heterocycles. The van der Waals surface area contributed by atoms with Crippen molar-refractivity contribution >= 4 is 5.97 Å². The first kappa shape index (κ1) is 10.4. The molecule has 2 heteroatoms. The van der Waals surface area contributed by atoms with E-state index in [2.05, 4.69) is 6.58 Å². The molecule has 4 bridgehead atoms. The minimum Gasteiger partial charge on any atom is -0.456 e. The largest absolute Gasteiger partial charge is 0.456 e. The van der Waals surface area contributed by atoms with Gasteiger partial charge < -0.3 is 4.74 Å². The molecule has 0 aromatic carbocycles. The molecule has 0 saturated heterocycles. The van der Waals surface area contributed by atoms with Gasteiger partial charge in [0.05, 0.1) is 0 Å². The van der Waals surface area contributed by atoms with Crippen LogP contribution in [0.5, 0.6) is 0 Å². The van der Waals surface area contributed by atoms with Crippen LogP contribution in [-0.4, -0.2) is 11.6 Å². The van der Waals surface area contributed by atoms with Gasteiger partial charge in [-0.15, -0.1) is 0 Å². The van der Waals surface area contributed by atoms with Crippen molar-refractivity contribution in [3.63, 3.8) is 0 Å². The van der Waals surface area contributed by atoms with Gasteiger partial charge in [-0.2, -0.15) is 0 Å². The van der Waals surface area contributed by atoms with Crippen LogP contribution in [0.1, 0.15) is 45.4 Å². The van der Waals surface area contributed by atoms with Crippen LogP contribution >= 0.6 is 0 Å². The smallest absolute Gasteiger partial charge is 0.333 e. The molecule has 0 amide bonds. The van der Waals surface area contributed by atoms with E-state index in [-0.39, 0.29) is 11.6 Å². The lowest BCUT2D eigenvalue weighted by molar-refractivity contribution is -0.182. The van der Waals surface area contributed by atoms with Crippen LogP contribution in [0.4, 0.5) is 0 Å². The summed E-state index contributed by atoms with van der Waals surface area (Å²) >= 11 is 0. The van der Waals surface area contributed by atoms with Crippen molar-refractivity contribution in [1.29, 1.82) is 0 Å². The fourth-order valence-corrected chi connectivity index (χ4v) is 4.44. The van der Waals surface area contributed by atoms with Crippen LogP contribution in [0.3, 0.4) is 0 Å². The molecule has 4 aliphatic carbocycles. The number of rotatable bonds is 2. The van der Waals surface area contributed by atoms with Crippen molar-refractivity contribution in [2.75, 3.05) is 0 Å². The van der Waals surface area contributed by atoms with Crippen LogP contribution < -0.4 is 0 Å². The van der Waals surface area contributed by atoms with Crippen LogP contribution in [0, 0.1) is 17.8 Å². The van der Waals surface area contributed by atoms with E-state index in [1.54, 1.807) is 6.92 Å². The highest BCUT2D eigenvalue weighted by Gasteiger charge is 2.53. The van der Waals surface area contributed by atoms with E-state index in [0.29, 0.717) is 5.57 Å². The summed E-state index contributed by atoms with van der Waals surface area (Å²) in [5.74, 6) is 2.29. The molecule has 0 aromatic rings. The Balaban J connectivity index is 1.78. The third-order valence-corrected chi connectivity index (χ3v) is 4.64. The minimum atomic E-state index is -0.179. The van der Waals surface area contributed by atoms with Crippen molar-refractivity contribution in [1.82, 2.24) is 0 Å². The SMILES string of the molecule is C=C(C)C(=O)OC12CC3CC(CC(C3)C1)C2. The van der Waals surface area contributed by atoms with Gasteiger partial charge >= 0.3 is 5.97 Å². The highest BCUT2D eigenvalue weighted by Crippen LogP contribution is 2.57. The van der Waals surface area contributed by atoms with Crippen molar-refractivity contribution in [2.45, 2.75) is 51.0 Å². The molecule has 16 heavy (non-hydrogen) atoms. The van der Waals surface area contributed by atoms with E-state index in [1.807, 2.05) is 0 Å². The first-order chi connectivity index (χ1) is 7.56. The maximum atomic E-state index is 11.7. The second kappa shape index (κ2) is 3.35. The lowest BCUT2D eigenvalue weighted by atomic mass is 9.54.